The molecule has 2 rings (SSSR count). The van der Waals surface area contributed by atoms with Gasteiger partial charge in [0, 0.05) is 17.6 Å². The zero-order chi connectivity index (χ0) is 15.1. The molecule has 0 aliphatic heterocycles. The fourth-order valence-electron chi connectivity index (χ4n) is 1.79. The van der Waals surface area contributed by atoms with Crippen LogP contribution in [0.1, 0.15) is 5.56 Å². The molecule has 0 radical (unpaired) electrons. The molecule has 0 saturated heterocycles. The molecule has 0 spiro atoms. The summed E-state index contributed by atoms with van der Waals surface area (Å²) in [5.41, 5.74) is 1.13. The van der Waals surface area contributed by atoms with Gasteiger partial charge in [-0.05, 0) is 29.8 Å². The van der Waals surface area contributed by atoms with E-state index in [2.05, 4.69) is 21.2 Å². The van der Waals surface area contributed by atoms with Gasteiger partial charge in [0.15, 0.2) is 11.6 Å². The zero-order valence-corrected chi connectivity index (χ0v) is 13.0. The first-order chi connectivity index (χ1) is 10.1. The Morgan fingerprint density at radius 1 is 1.14 bits per heavy atom. The first-order valence-corrected chi connectivity index (χ1v) is 7.45. The van der Waals surface area contributed by atoms with Crippen molar-refractivity contribution >= 4 is 15.9 Å². The highest BCUT2D eigenvalue weighted by Gasteiger charge is 2.07. The van der Waals surface area contributed by atoms with Crippen LogP contribution in [0.4, 0.5) is 4.39 Å². The highest BCUT2D eigenvalue weighted by Crippen LogP contribution is 2.15. The van der Waals surface area contributed by atoms with Gasteiger partial charge in [0.1, 0.15) is 12.7 Å². The summed E-state index contributed by atoms with van der Waals surface area (Å²) in [5.74, 6) is -0.267. The topological polar surface area (TPSA) is 41.5 Å². The second-order valence-electron chi connectivity index (χ2n) is 4.65. The summed E-state index contributed by atoms with van der Waals surface area (Å²) < 4.78 is 19.6. The monoisotopic (exact) mass is 353 g/mol. The molecule has 2 aromatic carbocycles. The van der Waals surface area contributed by atoms with Crippen LogP contribution in [-0.4, -0.2) is 24.4 Å². The number of ether oxygens (including phenoxy) is 1. The standard InChI is InChI=1S/C16H17BrFNO2/c17-13-7-5-12(6-8-13)9-19-10-14(20)11-21-16-4-2-1-3-15(16)18/h1-8,14,19-20H,9-11H2. The molecule has 21 heavy (non-hydrogen) atoms. The molecule has 0 saturated carbocycles. The zero-order valence-electron chi connectivity index (χ0n) is 11.4. The number of aliphatic hydroxyl groups is 1. The maximum absolute atomic E-state index is 13.3. The average Bonchev–Trinajstić information content (AvgIpc) is 2.48. The molecule has 2 aromatic rings. The maximum atomic E-state index is 13.3. The number of nitrogens with one attached hydrogen (secondary N) is 1. The smallest absolute Gasteiger partial charge is 0.165 e. The number of aliphatic hydroxyl groups excluding tert-OH is 1. The lowest BCUT2D eigenvalue weighted by atomic mass is 10.2. The fourth-order valence-corrected chi connectivity index (χ4v) is 2.06. The van der Waals surface area contributed by atoms with E-state index in [9.17, 15) is 9.50 Å². The number of halogens is 2. The first-order valence-electron chi connectivity index (χ1n) is 6.65. The van der Waals surface area contributed by atoms with E-state index in [1.165, 1.54) is 12.1 Å². The van der Waals surface area contributed by atoms with Gasteiger partial charge in [-0.15, -0.1) is 0 Å². The van der Waals surface area contributed by atoms with E-state index in [0.717, 1.165) is 10.0 Å². The maximum Gasteiger partial charge on any atom is 0.165 e. The van der Waals surface area contributed by atoms with Crippen LogP contribution in [0.15, 0.2) is 53.0 Å². The minimum atomic E-state index is -0.694. The molecule has 0 aliphatic carbocycles. The number of hydrogen-bond acceptors (Lipinski definition) is 3. The Hall–Kier alpha value is -1.43. The Morgan fingerprint density at radius 2 is 1.86 bits per heavy atom. The summed E-state index contributed by atoms with van der Waals surface area (Å²) in [6.07, 6.45) is -0.694. The van der Waals surface area contributed by atoms with Crippen molar-refractivity contribution in [3.63, 3.8) is 0 Å². The molecule has 5 heteroatoms. The van der Waals surface area contributed by atoms with Crippen molar-refractivity contribution in [3.8, 4) is 5.75 Å². The van der Waals surface area contributed by atoms with Gasteiger partial charge in [-0.2, -0.15) is 0 Å². The molecule has 1 unspecified atom stereocenters. The van der Waals surface area contributed by atoms with Gasteiger partial charge in [0.2, 0.25) is 0 Å². The molecule has 0 aromatic heterocycles. The van der Waals surface area contributed by atoms with Crippen LogP contribution < -0.4 is 10.1 Å². The molecule has 1 atom stereocenters. The predicted octanol–water partition coefficient (Wildman–Crippen LogP) is 3.12. The van der Waals surface area contributed by atoms with Crippen molar-refractivity contribution in [2.75, 3.05) is 13.2 Å². The van der Waals surface area contributed by atoms with Crippen LogP contribution in [0.25, 0.3) is 0 Å². The van der Waals surface area contributed by atoms with E-state index in [-0.39, 0.29) is 12.4 Å². The van der Waals surface area contributed by atoms with Gasteiger partial charge in [-0.1, -0.05) is 40.2 Å². The van der Waals surface area contributed by atoms with Crippen molar-refractivity contribution in [2.45, 2.75) is 12.6 Å². The van der Waals surface area contributed by atoms with Crippen LogP contribution in [0.5, 0.6) is 5.75 Å². The van der Waals surface area contributed by atoms with Gasteiger partial charge in [0.05, 0.1) is 0 Å². The fraction of sp³-hybridized carbons (Fsp3) is 0.250. The third kappa shape index (κ3) is 5.46. The van der Waals surface area contributed by atoms with Crippen molar-refractivity contribution < 1.29 is 14.2 Å². The van der Waals surface area contributed by atoms with Gasteiger partial charge >= 0.3 is 0 Å². The Labute approximate surface area is 131 Å². The van der Waals surface area contributed by atoms with E-state index >= 15 is 0 Å². The third-order valence-corrected chi connectivity index (χ3v) is 3.42. The summed E-state index contributed by atoms with van der Waals surface area (Å²) in [6.45, 7) is 1.09. The molecule has 0 heterocycles. The Morgan fingerprint density at radius 3 is 2.57 bits per heavy atom. The second-order valence-corrected chi connectivity index (χ2v) is 5.57. The highest BCUT2D eigenvalue weighted by molar-refractivity contribution is 9.10. The summed E-state index contributed by atoms with van der Waals surface area (Å²) in [5, 5.41) is 12.9. The van der Waals surface area contributed by atoms with Gasteiger partial charge < -0.3 is 15.2 Å². The highest BCUT2D eigenvalue weighted by atomic mass is 79.9. The molecular weight excluding hydrogens is 337 g/mol. The summed E-state index contributed by atoms with van der Waals surface area (Å²) in [7, 11) is 0. The van der Waals surface area contributed by atoms with E-state index in [1.54, 1.807) is 12.1 Å². The molecule has 2 N–H and O–H groups in total. The predicted molar refractivity (Wildman–Crippen MR) is 83.8 cm³/mol. The molecular formula is C16H17BrFNO2. The van der Waals surface area contributed by atoms with Crippen LogP contribution in [0.3, 0.4) is 0 Å². The van der Waals surface area contributed by atoms with E-state index in [1.807, 2.05) is 24.3 Å². The van der Waals surface area contributed by atoms with Crippen molar-refractivity contribution in [3.05, 3.63) is 64.4 Å². The van der Waals surface area contributed by atoms with Crippen LogP contribution >= 0.6 is 15.9 Å². The Bertz CT molecular complexity index is 562. The lowest BCUT2D eigenvalue weighted by Crippen LogP contribution is -2.31. The lowest BCUT2D eigenvalue weighted by molar-refractivity contribution is 0.104. The number of hydrogen-bond donors (Lipinski definition) is 2. The number of rotatable bonds is 7. The summed E-state index contributed by atoms with van der Waals surface area (Å²) >= 11 is 3.38. The molecule has 112 valence electrons. The molecule has 0 aliphatic rings. The van der Waals surface area contributed by atoms with E-state index < -0.39 is 11.9 Å². The quantitative estimate of drug-likeness (QED) is 0.803. The minimum absolute atomic E-state index is 0.0499. The van der Waals surface area contributed by atoms with Crippen LogP contribution in [0, 0.1) is 5.82 Å². The summed E-state index contributed by atoms with van der Waals surface area (Å²) in [6, 6.07) is 14.1. The van der Waals surface area contributed by atoms with Crippen molar-refractivity contribution in [1.82, 2.24) is 5.32 Å². The molecule has 0 fully saturated rings. The van der Waals surface area contributed by atoms with Crippen LogP contribution in [-0.2, 0) is 6.54 Å². The Kier molecular flexibility index (Phi) is 6.17. The largest absolute Gasteiger partial charge is 0.488 e. The van der Waals surface area contributed by atoms with E-state index in [0.29, 0.717) is 13.1 Å². The average molecular weight is 354 g/mol. The van der Waals surface area contributed by atoms with Crippen molar-refractivity contribution in [2.24, 2.45) is 0 Å². The van der Waals surface area contributed by atoms with Crippen LogP contribution in [0.2, 0.25) is 0 Å². The summed E-state index contributed by atoms with van der Waals surface area (Å²) in [4.78, 5) is 0. The minimum Gasteiger partial charge on any atom is -0.488 e. The second kappa shape index (κ2) is 8.12. The first kappa shape index (κ1) is 15.9. The number of para-hydroxylation sites is 1. The molecule has 3 nitrogen and oxygen atoms in total. The van der Waals surface area contributed by atoms with Gasteiger partial charge in [-0.3, -0.25) is 0 Å². The van der Waals surface area contributed by atoms with Gasteiger partial charge in [-0.25, -0.2) is 4.39 Å². The van der Waals surface area contributed by atoms with Crippen molar-refractivity contribution in [1.29, 1.82) is 0 Å². The normalized spacial score (nSPS) is 12.1. The third-order valence-electron chi connectivity index (χ3n) is 2.89. The SMILES string of the molecule is OC(CNCc1ccc(Br)cc1)COc1ccccc1F. The molecule has 0 amide bonds. The van der Waals surface area contributed by atoms with Gasteiger partial charge in [0.25, 0.3) is 0 Å². The number of benzene rings is 2. The molecule has 0 bridgehead atoms. The Balaban J connectivity index is 1.69. The van der Waals surface area contributed by atoms with E-state index in [4.69, 9.17) is 4.74 Å². The lowest BCUT2D eigenvalue weighted by Gasteiger charge is -2.13.